The van der Waals surface area contributed by atoms with Crippen LogP contribution in [0.15, 0.2) is 59.8 Å². The summed E-state index contributed by atoms with van der Waals surface area (Å²) >= 11 is 0. The first-order valence-corrected chi connectivity index (χ1v) is 8.83. The van der Waals surface area contributed by atoms with Gasteiger partial charge in [0, 0.05) is 29.7 Å². The van der Waals surface area contributed by atoms with Gasteiger partial charge in [-0.1, -0.05) is 18.2 Å². The fourth-order valence-corrected chi connectivity index (χ4v) is 3.88. The quantitative estimate of drug-likeness (QED) is 0.788. The van der Waals surface area contributed by atoms with E-state index >= 15 is 0 Å². The van der Waals surface area contributed by atoms with E-state index in [-0.39, 0.29) is 18.2 Å². The Labute approximate surface area is 139 Å². The molecular weight excluding hydrogens is 328 g/mol. The van der Waals surface area contributed by atoms with Crippen molar-refractivity contribution in [2.45, 2.75) is 11.4 Å². The van der Waals surface area contributed by atoms with Gasteiger partial charge in [-0.15, -0.1) is 0 Å². The second kappa shape index (κ2) is 5.77. The normalized spacial score (nSPS) is 13.3. The molecule has 7 heteroatoms. The van der Waals surface area contributed by atoms with Crippen molar-refractivity contribution in [3.05, 3.63) is 60.4 Å². The van der Waals surface area contributed by atoms with E-state index < -0.39 is 10.0 Å². The first-order valence-electron chi connectivity index (χ1n) is 7.34. The molecule has 0 unspecified atom stereocenters. The molecule has 1 aromatic heterocycles. The lowest BCUT2D eigenvalue weighted by atomic mass is 10.2. The summed E-state index contributed by atoms with van der Waals surface area (Å²) < 4.78 is 38.5. The van der Waals surface area contributed by atoms with Crippen molar-refractivity contribution < 1.29 is 17.9 Å². The third-order valence-electron chi connectivity index (χ3n) is 3.83. The van der Waals surface area contributed by atoms with Crippen LogP contribution < -0.4 is 14.2 Å². The fourth-order valence-electron chi connectivity index (χ4n) is 2.63. The minimum Gasteiger partial charge on any atom is -0.454 e. The van der Waals surface area contributed by atoms with Crippen LogP contribution in [0.3, 0.4) is 0 Å². The number of rotatable bonds is 4. The van der Waals surface area contributed by atoms with Gasteiger partial charge in [-0.25, -0.2) is 13.1 Å². The average molecular weight is 342 g/mol. The molecule has 0 saturated carbocycles. The van der Waals surface area contributed by atoms with Crippen LogP contribution in [-0.2, 0) is 16.6 Å². The molecule has 24 heavy (non-hydrogen) atoms. The van der Waals surface area contributed by atoms with E-state index in [0.29, 0.717) is 16.9 Å². The lowest BCUT2D eigenvalue weighted by Gasteiger charge is -2.10. The first kappa shape index (κ1) is 14.9. The molecule has 4 rings (SSSR count). The molecule has 1 N–H and O–H groups in total. The monoisotopic (exact) mass is 342 g/mol. The summed E-state index contributed by atoms with van der Waals surface area (Å²) in [5, 5.41) is 1.43. The molecule has 6 nitrogen and oxygen atoms in total. The smallest absolute Gasteiger partial charge is 0.241 e. The number of pyridine rings is 1. The van der Waals surface area contributed by atoms with E-state index in [1.54, 1.807) is 42.7 Å². The minimum atomic E-state index is -3.65. The van der Waals surface area contributed by atoms with Gasteiger partial charge in [0.25, 0.3) is 0 Å². The number of ether oxygens (including phenoxy) is 2. The van der Waals surface area contributed by atoms with Gasteiger partial charge in [-0.05, 0) is 29.8 Å². The number of hydrogen-bond donors (Lipinski definition) is 1. The van der Waals surface area contributed by atoms with Gasteiger partial charge in [0.2, 0.25) is 16.8 Å². The summed E-state index contributed by atoms with van der Waals surface area (Å²) in [6.07, 6.45) is 3.23. The highest BCUT2D eigenvalue weighted by molar-refractivity contribution is 7.89. The predicted molar refractivity (Wildman–Crippen MR) is 88.3 cm³/mol. The zero-order valence-electron chi connectivity index (χ0n) is 12.6. The molecule has 0 amide bonds. The molecule has 2 aromatic carbocycles. The van der Waals surface area contributed by atoms with E-state index in [4.69, 9.17) is 9.47 Å². The Morgan fingerprint density at radius 1 is 1.08 bits per heavy atom. The Kier molecular flexibility index (Phi) is 3.59. The van der Waals surface area contributed by atoms with Gasteiger partial charge < -0.3 is 9.47 Å². The Hall–Kier alpha value is -2.64. The number of nitrogens with zero attached hydrogens (tertiary/aromatic N) is 1. The number of aromatic nitrogens is 1. The molecule has 1 aliphatic heterocycles. The zero-order valence-corrected chi connectivity index (χ0v) is 13.4. The lowest BCUT2D eigenvalue weighted by Crippen LogP contribution is -2.23. The van der Waals surface area contributed by atoms with Crippen LogP contribution in [0.5, 0.6) is 11.5 Å². The van der Waals surface area contributed by atoms with E-state index in [1.807, 2.05) is 12.1 Å². The molecule has 1 aliphatic rings. The second-order valence-electron chi connectivity index (χ2n) is 5.37. The van der Waals surface area contributed by atoms with Crippen molar-refractivity contribution in [3.8, 4) is 11.5 Å². The highest BCUT2D eigenvalue weighted by Gasteiger charge is 2.18. The summed E-state index contributed by atoms with van der Waals surface area (Å²) in [5.74, 6) is 1.30. The third-order valence-corrected chi connectivity index (χ3v) is 5.29. The van der Waals surface area contributed by atoms with Crippen LogP contribution in [-0.4, -0.2) is 20.2 Å². The van der Waals surface area contributed by atoms with Crippen molar-refractivity contribution in [3.63, 3.8) is 0 Å². The maximum Gasteiger partial charge on any atom is 0.241 e. The first-order chi connectivity index (χ1) is 11.6. The Balaban J connectivity index is 1.61. The van der Waals surface area contributed by atoms with E-state index in [0.717, 1.165) is 10.9 Å². The van der Waals surface area contributed by atoms with E-state index in [9.17, 15) is 8.42 Å². The molecule has 0 radical (unpaired) electrons. The van der Waals surface area contributed by atoms with Gasteiger partial charge in [-0.2, -0.15) is 0 Å². The summed E-state index contributed by atoms with van der Waals surface area (Å²) in [6.45, 7) is 0.356. The third kappa shape index (κ3) is 2.68. The summed E-state index contributed by atoms with van der Waals surface area (Å²) in [7, 11) is -3.65. The topological polar surface area (TPSA) is 77.5 Å². The molecule has 0 saturated heterocycles. The maximum absolute atomic E-state index is 12.7. The highest BCUT2D eigenvalue weighted by Crippen LogP contribution is 2.32. The van der Waals surface area contributed by atoms with Gasteiger partial charge in [0.05, 0.1) is 4.90 Å². The molecule has 0 bridgehead atoms. The van der Waals surface area contributed by atoms with Crippen molar-refractivity contribution in [2.75, 3.05) is 6.79 Å². The van der Waals surface area contributed by atoms with Crippen LogP contribution in [0.4, 0.5) is 0 Å². The van der Waals surface area contributed by atoms with E-state index in [1.165, 1.54) is 0 Å². The van der Waals surface area contributed by atoms with Crippen molar-refractivity contribution >= 4 is 20.8 Å². The molecule has 0 aliphatic carbocycles. The van der Waals surface area contributed by atoms with Crippen molar-refractivity contribution in [1.29, 1.82) is 0 Å². The lowest BCUT2D eigenvalue weighted by molar-refractivity contribution is 0.174. The number of fused-ring (bicyclic) bond motifs is 2. The van der Waals surface area contributed by atoms with Crippen molar-refractivity contribution in [1.82, 2.24) is 9.71 Å². The Bertz CT molecular complexity index is 1010. The Morgan fingerprint density at radius 2 is 1.96 bits per heavy atom. The van der Waals surface area contributed by atoms with Crippen LogP contribution in [0, 0.1) is 0 Å². The van der Waals surface area contributed by atoms with Crippen LogP contribution in [0.25, 0.3) is 10.8 Å². The molecule has 0 atom stereocenters. The molecule has 122 valence electrons. The fraction of sp³-hybridized carbons (Fsp3) is 0.118. The SMILES string of the molecule is O=S(=O)(NCc1ccc2c(c1)OCO2)c1cccc2cnccc12. The van der Waals surface area contributed by atoms with Gasteiger partial charge in [0.1, 0.15) is 0 Å². The van der Waals surface area contributed by atoms with Crippen LogP contribution in [0.1, 0.15) is 5.56 Å². The number of hydrogen-bond acceptors (Lipinski definition) is 5. The minimum absolute atomic E-state index is 0.167. The number of nitrogens with one attached hydrogen (secondary N) is 1. The second-order valence-corrected chi connectivity index (χ2v) is 7.10. The molecule has 0 spiro atoms. The molecule has 0 fully saturated rings. The Morgan fingerprint density at radius 3 is 2.88 bits per heavy atom. The molecule has 3 aromatic rings. The average Bonchev–Trinajstić information content (AvgIpc) is 3.07. The molecule has 2 heterocycles. The summed E-state index contributed by atoms with van der Waals surface area (Å²) in [5.41, 5.74) is 0.796. The highest BCUT2D eigenvalue weighted by atomic mass is 32.2. The van der Waals surface area contributed by atoms with Gasteiger partial charge in [0.15, 0.2) is 11.5 Å². The predicted octanol–water partition coefficient (Wildman–Crippen LogP) is 2.44. The number of benzene rings is 2. The van der Waals surface area contributed by atoms with Gasteiger partial charge >= 0.3 is 0 Å². The molecular formula is C17H14N2O4S. The van der Waals surface area contributed by atoms with Crippen LogP contribution >= 0.6 is 0 Å². The number of sulfonamides is 1. The van der Waals surface area contributed by atoms with Gasteiger partial charge in [-0.3, -0.25) is 4.98 Å². The van der Waals surface area contributed by atoms with Crippen LogP contribution in [0.2, 0.25) is 0 Å². The zero-order chi connectivity index (χ0) is 16.6. The summed E-state index contributed by atoms with van der Waals surface area (Å²) in [4.78, 5) is 4.26. The van der Waals surface area contributed by atoms with Crippen molar-refractivity contribution in [2.24, 2.45) is 0 Å². The largest absolute Gasteiger partial charge is 0.454 e. The summed E-state index contributed by atoms with van der Waals surface area (Å²) in [6, 6.07) is 12.2. The van der Waals surface area contributed by atoms with E-state index in [2.05, 4.69) is 9.71 Å². The standard InChI is InChI=1S/C17H14N2O4S/c20-24(21,17-3-1-2-13-10-18-7-6-14(13)17)19-9-12-4-5-15-16(8-12)23-11-22-15/h1-8,10,19H,9,11H2. The maximum atomic E-state index is 12.7.